The minimum Gasteiger partial charge on any atom is -0.398 e. The summed E-state index contributed by atoms with van der Waals surface area (Å²) in [7, 11) is 0. The highest BCUT2D eigenvalue weighted by Crippen LogP contribution is 2.19. The number of anilines is 1. The Bertz CT molecular complexity index is 786. The van der Waals surface area contributed by atoms with Crippen LogP contribution in [0.3, 0.4) is 0 Å². The van der Waals surface area contributed by atoms with E-state index >= 15 is 0 Å². The molecule has 2 N–H and O–H groups in total. The van der Waals surface area contributed by atoms with Crippen LogP contribution in [-0.2, 0) is 6.54 Å². The van der Waals surface area contributed by atoms with Gasteiger partial charge in [0.2, 0.25) is 0 Å². The standard InChI is InChI=1S/C14H11FN2OS/c15-11-2-1-3-12(16)10(11)8-17-6-4-13-9(14(17)18)5-7-19-13/h1-7H,8,16H2. The number of fused-ring (bicyclic) bond motifs is 1. The molecule has 0 atom stereocenters. The van der Waals surface area contributed by atoms with Crippen molar-refractivity contribution in [3.63, 3.8) is 0 Å². The second-order valence-electron chi connectivity index (χ2n) is 4.25. The van der Waals surface area contributed by atoms with Crippen molar-refractivity contribution in [2.24, 2.45) is 0 Å². The fraction of sp³-hybridized carbons (Fsp3) is 0.0714. The second kappa shape index (κ2) is 4.51. The highest BCUT2D eigenvalue weighted by molar-refractivity contribution is 7.17. The maximum absolute atomic E-state index is 13.7. The van der Waals surface area contributed by atoms with Crippen LogP contribution < -0.4 is 11.3 Å². The van der Waals surface area contributed by atoms with Crippen LogP contribution in [0.4, 0.5) is 10.1 Å². The Kier molecular flexibility index (Phi) is 2.83. The van der Waals surface area contributed by atoms with Gasteiger partial charge in [-0.1, -0.05) is 6.07 Å². The molecule has 0 radical (unpaired) electrons. The summed E-state index contributed by atoms with van der Waals surface area (Å²) in [5, 5.41) is 2.52. The molecule has 3 nitrogen and oxygen atoms in total. The molecule has 3 aromatic rings. The summed E-state index contributed by atoms with van der Waals surface area (Å²) >= 11 is 1.51. The largest absolute Gasteiger partial charge is 0.398 e. The van der Waals surface area contributed by atoms with E-state index in [0.29, 0.717) is 16.6 Å². The van der Waals surface area contributed by atoms with E-state index in [1.807, 2.05) is 11.4 Å². The minimum absolute atomic E-state index is 0.124. The van der Waals surface area contributed by atoms with Crippen LogP contribution in [0.1, 0.15) is 5.56 Å². The van der Waals surface area contributed by atoms with Gasteiger partial charge >= 0.3 is 0 Å². The quantitative estimate of drug-likeness (QED) is 0.730. The molecule has 3 rings (SSSR count). The Morgan fingerprint density at radius 3 is 2.89 bits per heavy atom. The predicted molar refractivity (Wildman–Crippen MR) is 76.0 cm³/mol. The average molecular weight is 274 g/mol. The molecule has 0 spiro atoms. The average Bonchev–Trinajstić information content (AvgIpc) is 2.85. The number of benzene rings is 1. The van der Waals surface area contributed by atoms with Gasteiger partial charge in [-0.25, -0.2) is 4.39 Å². The summed E-state index contributed by atoms with van der Waals surface area (Å²) in [6.45, 7) is 0.142. The smallest absolute Gasteiger partial charge is 0.259 e. The molecular weight excluding hydrogens is 263 g/mol. The van der Waals surface area contributed by atoms with Crippen molar-refractivity contribution in [1.29, 1.82) is 0 Å². The van der Waals surface area contributed by atoms with Gasteiger partial charge in [-0.2, -0.15) is 0 Å². The van der Waals surface area contributed by atoms with Gasteiger partial charge in [0.25, 0.3) is 5.56 Å². The normalized spacial score (nSPS) is 11.0. The molecule has 5 heteroatoms. The van der Waals surface area contributed by atoms with Crippen molar-refractivity contribution < 1.29 is 4.39 Å². The van der Waals surface area contributed by atoms with Gasteiger partial charge in [-0.15, -0.1) is 11.3 Å². The van der Waals surface area contributed by atoms with Gasteiger partial charge in [0.1, 0.15) is 5.82 Å². The molecule has 0 fully saturated rings. The Morgan fingerprint density at radius 2 is 2.11 bits per heavy atom. The molecule has 1 aromatic carbocycles. The van der Waals surface area contributed by atoms with E-state index in [1.165, 1.54) is 22.0 Å². The summed E-state index contributed by atoms with van der Waals surface area (Å²) in [5.74, 6) is -0.391. The molecule has 0 aliphatic rings. The van der Waals surface area contributed by atoms with Crippen LogP contribution in [-0.4, -0.2) is 4.57 Å². The number of nitrogens with two attached hydrogens (primary N) is 1. The van der Waals surface area contributed by atoms with Crippen LogP contribution in [0.2, 0.25) is 0 Å². The highest BCUT2D eigenvalue weighted by Gasteiger charge is 2.09. The number of pyridine rings is 1. The van der Waals surface area contributed by atoms with Gasteiger partial charge in [0, 0.05) is 22.1 Å². The van der Waals surface area contributed by atoms with E-state index in [1.54, 1.807) is 24.4 Å². The SMILES string of the molecule is Nc1cccc(F)c1Cn1ccc2sccc2c1=O. The lowest BCUT2D eigenvalue weighted by Crippen LogP contribution is -2.20. The van der Waals surface area contributed by atoms with E-state index in [2.05, 4.69) is 0 Å². The zero-order valence-corrected chi connectivity index (χ0v) is 10.8. The zero-order valence-electron chi connectivity index (χ0n) is 9.97. The fourth-order valence-corrected chi connectivity index (χ4v) is 2.82. The molecular formula is C14H11FN2OS. The third-order valence-electron chi connectivity index (χ3n) is 3.08. The van der Waals surface area contributed by atoms with Gasteiger partial charge in [-0.05, 0) is 29.6 Å². The highest BCUT2D eigenvalue weighted by atomic mass is 32.1. The number of hydrogen-bond donors (Lipinski definition) is 1. The van der Waals surface area contributed by atoms with Crippen molar-refractivity contribution >= 4 is 27.1 Å². The third-order valence-corrected chi connectivity index (χ3v) is 3.96. The predicted octanol–water partition coefficient (Wildman–Crippen LogP) is 2.83. The first-order valence-corrected chi connectivity index (χ1v) is 6.64. The number of hydrogen-bond acceptors (Lipinski definition) is 3. The molecule has 96 valence electrons. The third kappa shape index (κ3) is 2.02. The van der Waals surface area contributed by atoms with Crippen molar-refractivity contribution in [2.45, 2.75) is 6.54 Å². The van der Waals surface area contributed by atoms with Crippen molar-refractivity contribution in [2.75, 3.05) is 5.73 Å². The van der Waals surface area contributed by atoms with Crippen LogP contribution >= 0.6 is 11.3 Å². The number of nitrogens with zero attached hydrogens (tertiary/aromatic N) is 1. The first-order valence-electron chi connectivity index (χ1n) is 5.76. The van der Waals surface area contributed by atoms with Crippen molar-refractivity contribution in [1.82, 2.24) is 4.57 Å². The number of nitrogen functional groups attached to an aromatic ring is 1. The molecule has 0 aliphatic carbocycles. The van der Waals surface area contributed by atoms with Gasteiger partial charge in [-0.3, -0.25) is 4.79 Å². The van der Waals surface area contributed by atoms with E-state index in [0.717, 1.165) is 4.70 Å². The molecule has 0 aliphatic heterocycles. The maximum Gasteiger partial charge on any atom is 0.259 e. The Labute approximate surface area is 112 Å². The van der Waals surface area contributed by atoms with E-state index in [4.69, 9.17) is 5.73 Å². The Morgan fingerprint density at radius 1 is 1.26 bits per heavy atom. The van der Waals surface area contributed by atoms with Crippen LogP contribution in [0.5, 0.6) is 0 Å². The van der Waals surface area contributed by atoms with E-state index < -0.39 is 5.82 Å². The molecule has 0 saturated carbocycles. The molecule has 0 saturated heterocycles. The number of aromatic nitrogens is 1. The lowest BCUT2D eigenvalue weighted by Gasteiger charge is -2.09. The lowest BCUT2D eigenvalue weighted by atomic mass is 10.1. The van der Waals surface area contributed by atoms with Gasteiger partial charge < -0.3 is 10.3 Å². The molecule has 0 amide bonds. The number of rotatable bonds is 2. The van der Waals surface area contributed by atoms with Crippen LogP contribution in [0, 0.1) is 5.82 Å². The summed E-state index contributed by atoms with van der Waals surface area (Å²) < 4.78 is 16.1. The van der Waals surface area contributed by atoms with E-state index in [9.17, 15) is 9.18 Å². The fourth-order valence-electron chi connectivity index (χ4n) is 2.04. The molecule has 2 heterocycles. The zero-order chi connectivity index (χ0) is 13.4. The first-order chi connectivity index (χ1) is 9.16. The molecule has 19 heavy (non-hydrogen) atoms. The molecule has 0 unspecified atom stereocenters. The first kappa shape index (κ1) is 11.9. The van der Waals surface area contributed by atoms with E-state index in [-0.39, 0.29) is 12.1 Å². The minimum atomic E-state index is -0.391. The number of halogens is 1. The summed E-state index contributed by atoms with van der Waals surface area (Å²) in [5.41, 5.74) is 6.34. The molecule has 2 aromatic heterocycles. The van der Waals surface area contributed by atoms with Crippen molar-refractivity contribution in [3.05, 3.63) is 63.6 Å². The molecule has 0 bridgehead atoms. The number of thiophene rings is 1. The topological polar surface area (TPSA) is 48.0 Å². The van der Waals surface area contributed by atoms with Crippen molar-refractivity contribution in [3.8, 4) is 0 Å². The lowest BCUT2D eigenvalue weighted by molar-refractivity contribution is 0.598. The summed E-state index contributed by atoms with van der Waals surface area (Å²) in [6.07, 6.45) is 1.67. The van der Waals surface area contributed by atoms with Crippen LogP contribution in [0.15, 0.2) is 46.7 Å². The van der Waals surface area contributed by atoms with Gasteiger partial charge in [0.05, 0.1) is 11.9 Å². The maximum atomic E-state index is 13.7. The summed E-state index contributed by atoms with van der Waals surface area (Å²) in [6, 6.07) is 8.17. The Hall–Kier alpha value is -2.14. The summed E-state index contributed by atoms with van der Waals surface area (Å²) in [4.78, 5) is 12.2. The Balaban J connectivity index is 2.11. The second-order valence-corrected chi connectivity index (χ2v) is 5.20. The van der Waals surface area contributed by atoms with Gasteiger partial charge in [0.15, 0.2) is 0 Å². The monoisotopic (exact) mass is 274 g/mol. The van der Waals surface area contributed by atoms with Crippen LogP contribution in [0.25, 0.3) is 10.1 Å².